The summed E-state index contributed by atoms with van der Waals surface area (Å²) in [5, 5.41) is 13.5. The van der Waals surface area contributed by atoms with Crippen LogP contribution >= 0.6 is 0 Å². The van der Waals surface area contributed by atoms with E-state index in [9.17, 15) is 19.2 Å². The first kappa shape index (κ1) is 26.5. The van der Waals surface area contributed by atoms with Crippen molar-refractivity contribution in [3.63, 3.8) is 0 Å². The molecule has 2 aliphatic rings. The zero-order chi connectivity index (χ0) is 27.2. The van der Waals surface area contributed by atoms with Crippen molar-refractivity contribution in [2.24, 2.45) is 16.0 Å². The molecule has 2 aromatic carbocycles. The van der Waals surface area contributed by atoms with Gasteiger partial charge in [0.25, 0.3) is 11.8 Å². The molecule has 4 rings (SSSR count). The Morgan fingerprint density at radius 3 is 2.55 bits per heavy atom. The molecular weight excluding hydrogens is 496 g/mol. The molecule has 2 aliphatic heterocycles. The average molecular weight is 525 g/mol. The Bertz CT molecular complexity index is 1270. The van der Waals surface area contributed by atoms with Gasteiger partial charge >= 0.3 is 0 Å². The van der Waals surface area contributed by atoms with E-state index in [2.05, 4.69) is 20.9 Å². The number of piperidine rings is 1. The number of carbonyl (C=O) groups is 4. The predicted octanol–water partition coefficient (Wildman–Crippen LogP) is 1.33. The van der Waals surface area contributed by atoms with Gasteiger partial charge in [-0.1, -0.05) is 6.07 Å². The highest BCUT2D eigenvalue weighted by atomic mass is 16.5. The Morgan fingerprint density at radius 1 is 1.16 bits per heavy atom. The number of hydrogen-bond donors (Lipinski definition) is 3. The minimum Gasteiger partial charge on any atom is -0.493 e. The zero-order valence-electron chi connectivity index (χ0n) is 21.0. The number of benzene rings is 2. The lowest BCUT2D eigenvalue weighted by molar-refractivity contribution is -0.137. The summed E-state index contributed by atoms with van der Waals surface area (Å²) >= 11 is 0. The van der Waals surface area contributed by atoms with Gasteiger partial charge in [0.2, 0.25) is 17.6 Å². The van der Waals surface area contributed by atoms with Crippen molar-refractivity contribution in [2.75, 3.05) is 33.9 Å². The first-order chi connectivity index (χ1) is 18.4. The maximum atomic E-state index is 13.0. The van der Waals surface area contributed by atoms with Gasteiger partial charge in [0.1, 0.15) is 6.04 Å². The van der Waals surface area contributed by atoms with E-state index < -0.39 is 11.9 Å². The molecule has 0 bridgehead atoms. The van der Waals surface area contributed by atoms with Gasteiger partial charge in [-0.15, -0.1) is 0 Å². The maximum Gasteiger partial charge on any atom is 0.257 e. The second kappa shape index (κ2) is 11.7. The third-order valence-corrected chi connectivity index (χ3v) is 6.09. The van der Waals surface area contributed by atoms with E-state index in [1.165, 1.54) is 19.1 Å². The Balaban J connectivity index is 1.55. The molecular formula is C25H28N6O7. The van der Waals surface area contributed by atoms with Crippen LogP contribution in [0.1, 0.15) is 28.8 Å². The lowest BCUT2D eigenvalue weighted by atomic mass is 10.0. The highest BCUT2D eigenvalue weighted by Gasteiger charge is 2.39. The molecule has 1 fully saturated rings. The zero-order valence-corrected chi connectivity index (χ0v) is 21.0. The number of fused-ring (bicyclic) bond motifs is 1. The molecule has 38 heavy (non-hydrogen) atoms. The van der Waals surface area contributed by atoms with Crippen LogP contribution < -0.4 is 30.6 Å². The molecule has 13 heteroatoms. The van der Waals surface area contributed by atoms with Gasteiger partial charge in [-0.25, -0.2) is 0 Å². The van der Waals surface area contributed by atoms with Crippen molar-refractivity contribution in [3.05, 3.63) is 41.5 Å². The summed E-state index contributed by atoms with van der Waals surface area (Å²) in [6, 6.07) is 7.50. The van der Waals surface area contributed by atoms with Gasteiger partial charge in [-0.3, -0.25) is 24.5 Å². The van der Waals surface area contributed by atoms with Crippen molar-refractivity contribution >= 4 is 35.0 Å². The van der Waals surface area contributed by atoms with Gasteiger partial charge in [0, 0.05) is 49.3 Å². The number of nitrogens with one attached hydrogen (secondary N) is 2. The Morgan fingerprint density at radius 2 is 1.89 bits per heavy atom. The van der Waals surface area contributed by atoms with E-state index in [0.717, 1.165) is 0 Å². The molecule has 0 spiro atoms. The number of azo groups is 1. The number of imide groups is 1. The SMILES string of the molecule is COc1cc(N=Nc2cccc3c2CN(C2CCC(=O)NC2=O)C3=O)cc(OC)c1OCC(=O)NCCN. The molecule has 0 radical (unpaired) electrons. The minimum atomic E-state index is -0.726. The Labute approximate surface area is 218 Å². The van der Waals surface area contributed by atoms with Crippen molar-refractivity contribution in [3.8, 4) is 17.2 Å². The first-order valence-electron chi connectivity index (χ1n) is 11.9. The molecule has 2 aromatic rings. The van der Waals surface area contributed by atoms with Crippen molar-refractivity contribution in [1.82, 2.24) is 15.5 Å². The number of amides is 4. The van der Waals surface area contributed by atoms with Crippen LogP contribution in [0.2, 0.25) is 0 Å². The van der Waals surface area contributed by atoms with Gasteiger partial charge in [0.15, 0.2) is 18.1 Å². The number of ether oxygens (including phenoxy) is 3. The van der Waals surface area contributed by atoms with Gasteiger partial charge in [-0.05, 0) is 18.6 Å². The molecule has 1 saturated heterocycles. The fraction of sp³-hybridized carbons (Fsp3) is 0.360. The summed E-state index contributed by atoms with van der Waals surface area (Å²) in [6.07, 6.45) is 0.439. The van der Waals surface area contributed by atoms with E-state index >= 15 is 0 Å². The maximum absolute atomic E-state index is 13.0. The van der Waals surface area contributed by atoms with E-state index in [1.807, 2.05) is 0 Å². The highest BCUT2D eigenvalue weighted by molar-refractivity contribution is 6.06. The number of carbonyl (C=O) groups excluding carboxylic acids is 4. The van der Waals surface area contributed by atoms with E-state index in [0.29, 0.717) is 35.6 Å². The third-order valence-electron chi connectivity index (χ3n) is 6.09. The fourth-order valence-electron chi connectivity index (χ4n) is 4.24. The van der Waals surface area contributed by atoms with Crippen LogP contribution in [0.25, 0.3) is 0 Å². The molecule has 13 nitrogen and oxygen atoms in total. The van der Waals surface area contributed by atoms with Crippen LogP contribution in [0.4, 0.5) is 11.4 Å². The van der Waals surface area contributed by atoms with Crippen LogP contribution in [-0.4, -0.2) is 68.5 Å². The molecule has 2 heterocycles. The summed E-state index contributed by atoms with van der Waals surface area (Å²) in [6.45, 7) is 0.546. The van der Waals surface area contributed by atoms with Gasteiger partial charge in [-0.2, -0.15) is 10.2 Å². The second-order valence-electron chi connectivity index (χ2n) is 8.51. The summed E-state index contributed by atoms with van der Waals surface area (Å²) in [4.78, 5) is 50.2. The highest BCUT2D eigenvalue weighted by Crippen LogP contribution is 2.42. The quantitative estimate of drug-likeness (QED) is 0.308. The standard InChI is InChI=1S/C25H28N6O7/c1-36-19-10-14(11-20(37-2)23(19)38-13-22(33)27-9-8-26)29-30-17-5-3-4-15-16(17)12-31(25(15)35)18-6-7-21(32)28-24(18)34/h3-5,10-11,18H,6-9,12-13,26H2,1-2H3,(H,27,33)(H,28,32,34). The summed E-state index contributed by atoms with van der Waals surface area (Å²) < 4.78 is 16.4. The lowest BCUT2D eigenvalue weighted by Gasteiger charge is -2.29. The molecule has 1 atom stereocenters. The van der Waals surface area contributed by atoms with Crippen LogP contribution in [0.3, 0.4) is 0 Å². The molecule has 0 aliphatic carbocycles. The Kier molecular flexibility index (Phi) is 8.16. The van der Waals surface area contributed by atoms with Crippen molar-refractivity contribution in [2.45, 2.75) is 25.4 Å². The average Bonchev–Trinajstić information content (AvgIpc) is 3.25. The van der Waals surface area contributed by atoms with E-state index in [1.54, 1.807) is 30.3 Å². The molecule has 4 N–H and O–H groups in total. The monoisotopic (exact) mass is 524 g/mol. The van der Waals surface area contributed by atoms with Crippen molar-refractivity contribution in [1.29, 1.82) is 0 Å². The lowest BCUT2D eigenvalue weighted by Crippen LogP contribution is -2.52. The topological polar surface area (TPSA) is 174 Å². The number of hydrogen-bond acceptors (Lipinski definition) is 10. The predicted molar refractivity (Wildman–Crippen MR) is 134 cm³/mol. The molecule has 200 valence electrons. The smallest absolute Gasteiger partial charge is 0.257 e. The molecule has 0 saturated carbocycles. The van der Waals surface area contributed by atoms with E-state index in [4.69, 9.17) is 19.9 Å². The number of rotatable bonds is 10. The summed E-state index contributed by atoms with van der Waals surface area (Å²) in [7, 11) is 2.88. The normalized spacial score (nSPS) is 16.9. The minimum absolute atomic E-state index is 0.168. The largest absolute Gasteiger partial charge is 0.493 e. The van der Waals surface area contributed by atoms with E-state index in [-0.39, 0.29) is 61.0 Å². The summed E-state index contributed by atoms with van der Waals surface area (Å²) in [5.41, 5.74) is 7.29. The first-order valence-corrected chi connectivity index (χ1v) is 11.9. The number of methoxy groups -OCH3 is 2. The van der Waals surface area contributed by atoms with Crippen LogP contribution in [0, 0.1) is 0 Å². The summed E-state index contributed by atoms with van der Waals surface area (Å²) in [5.74, 6) is -0.687. The Hall–Kier alpha value is -4.52. The van der Waals surface area contributed by atoms with Crippen molar-refractivity contribution < 1.29 is 33.4 Å². The van der Waals surface area contributed by atoms with Gasteiger partial charge < -0.3 is 30.2 Å². The fourth-order valence-corrected chi connectivity index (χ4v) is 4.24. The molecule has 1 unspecified atom stereocenters. The second-order valence-corrected chi connectivity index (χ2v) is 8.51. The van der Waals surface area contributed by atoms with Crippen LogP contribution in [0.5, 0.6) is 17.2 Å². The van der Waals surface area contributed by atoms with Gasteiger partial charge in [0.05, 0.1) is 25.6 Å². The third kappa shape index (κ3) is 5.57. The van der Waals surface area contributed by atoms with Crippen LogP contribution in [0.15, 0.2) is 40.6 Å². The molecule has 0 aromatic heterocycles. The molecule has 4 amide bonds. The number of nitrogens with two attached hydrogens (primary N) is 1. The van der Waals surface area contributed by atoms with Crippen LogP contribution in [-0.2, 0) is 20.9 Å². The number of nitrogens with zero attached hydrogens (tertiary/aromatic N) is 3.